The first-order valence-corrected chi connectivity index (χ1v) is 6.14. The molecule has 2 aromatic rings. The average Bonchev–Trinajstić information content (AvgIpc) is 2.29. The number of aromatic amines is 1. The van der Waals surface area contributed by atoms with Crippen molar-refractivity contribution in [3.63, 3.8) is 0 Å². The van der Waals surface area contributed by atoms with E-state index in [4.69, 9.17) is 34.8 Å². The van der Waals surface area contributed by atoms with Gasteiger partial charge in [-0.15, -0.1) is 11.6 Å². The minimum Gasteiger partial charge on any atom is -0.322 e. The molecule has 0 spiro atoms. The molecule has 1 aromatic carbocycles. The lowest BCUT2D eigenvalue weighted by atomic mass is 10.1. The van der Waals surface area contributed by atoms with Gasteiger partial charge >= 0.3 is 0 Å². The molecule has 0 aliphatic heterocycles. The van der Waals surface area contributed by atoms with Gasteiger partial charge in [-0.1, -0.05) is 29.3 Å². The van der Waals surface area contributed by atoms with Gasteiger partial charge in [0.2, 0.25) is 0 Å². The molecule has 2 nitrogen and oxygen atoms in total. The Bertz CT molecular complexity index is 607. The number of halogens is 3. The third-order valence-electron chi connectivity index (χ3n) is 2.36. The predicted molar refractivity (Wildman–Crippen MR) is 72.1 cm³/mol. The van der Waals surface area contributed by atoms with Gasteiger partial charge < -0.3 is 4.98 Å². The van der Waals surface area contributed by atoms with Crippen molar-refractivity contribution in [3.8, 4) is 11.3 Å². The summed E-state index contributed by atoms with van der Waals surface area (Å²) in [7, 11) is 0. The molecule has 0 saturated carbocycles. The molecule has 2 rings (SSSR count). The Morgan fingerprint density at radius 1 is 1.12 bits per heavy atom. The van der Waals surface area contributed by atoms with Crippen LogP contribution in [0, 0.1) is 0 Å². The fourth-order valence-corrected chi connectivity index (χ4v) is 2.19. The second-order valence-electron chi connectivity index (χ2n) is 3.48. The number of benzene rings is 1. The van der Waals surface area contributed by atoms with E-state index < -0.39 is 0 Å². The van der Waals surface area contributed by atoms with Gasteiger partial charge in [-0.3, -0.25) is 4.79 Å². The zero-order chi connectivity index (χ0) is 12.4. The largest absolute Gasteiger partial charge is 0.322 e. The normalized spacial score (nSPS) is 10.5. The van der Waals surface area contributed by atoms with Gasteiger partial charge in [0.15, 0.2) is 0 Å². The van der Waals surface area contributed by atoms with Crippen LogP contribution < -0.4 is 5.56 Å². The summed E-state index contributed by atoms with van der Waals surface area (Å²) in [6.45, 7) is 0. The number of H-pyrrole nitrogens is 1. The average molecular weight is 289 g/mol. The van der Waals surface area contributed by atoms with Crippen LogP contribution in [0.15, 0.2) is 35.1 Å². The summed E-state index contributed by atoms with van der Waals surface area (Å²) in [5.74, 6) is 0.184. The van der Waals surface area contributed by atoms with Crippen molar-refractivity contribution in [3.05, 3.63) is 56.3 Å². The Labute approximate surface area is 113 Å². The quantitative estimate of drug-likeness (QED) is 0.830. The van der Waals surface area contributed by atoms with Crippen LogP contribution in [0.3, 0.4) is 0 Å². The van der Waals surface area contributed by atoms with E-state index in [1.807, 2.05) is 0 Å². The fourth-order valence-electron chi connectivity index (χ4n) is 1.47. The van der Waals surface area contributed by atoms with Crippen LogP contribution in [0.4, 0.5) is 0 Å². The van der Waals surface area contributed by atoms with E-state index in [2.05, 4.69) is 4.98 Å². The second kappa shape index (κ2) is 5.13. The Hall–Kier alpha value is -0.960. The highest BCUT2D eigenvalue weighted by molar-refractivity contribution is 6.36. The highest BCUT2D eigenvalue weighted by Gasteiger charge is 2.06. The van der Waals surface area contributed by atoms with Crippen LogP contribution in [0.5, 0.6) is 0 Å². The lowest BCUT2D eigenvalue weighted by Crippen LogP contribution is -2.11. The topological polar surface area (TPSA) is 32.9 Å². The van der Waals surface area contributed by atoms with Crippen LogP contribution in [-0.2, 0) is 5.88 Å². The van der Waals surface area contributed by atoms with E-state index in [9.17, 15) is 4.79 Å². The monoisotopic (exact) mass is 287 g/mol. The first kappa shape index (κ1) is 12.5. The summed E-state index contributed by atoms with van der Waals surface area (Å²) >= 11 is 17.5. The maximum absolute atomic E-state index is 11.6. The van der Waals surface area contributed by atoms with E-state index in [0.717, 1.165) is 5.56 Å². The second-order valence-corrected chi connectivity index (χ2v) is 4.60. The summed E-state index contributed by atoms with van der Waals surface area (Å²) < 4.78 is 0. The summed E-state index contributed by atoms with van der Waals surface area (Å²) in [5.41, 5.74) is 1.70. The van der Waals surface area contributed by atoms with Crippen LogP contribution >= 0.6 is 34.8 Å². The van der Waals surface area contributed by atoms with Crippen molar-refractivity contribution in [2.45, 2.75) is 5.88 Å². The molecule has 0 saturated heterocycles. The summed E-state index contributed by atoms with van der Waals surface area (Å²) in [4.78, 5) is 14.3. The zero-order valence-electron chi connectivity index (χ0n) is 8.64. The molecule has 0 atom stereocenters. The van der Waals surface area contributed by atoms with E-state index >= 15 is 0 Å². The highest BCUT2D eigenvalue weighted by atomic mass is 35.5. The first-order valence-electron chi connectivity index (χ1n) is 4.85. The van der Waals surface area contributed by atoms with Crippen LogP contribution in [0.2, 0.25) is 10.0 Å². The van der Waals surface area contributed by atoms with Gasteiger partial charge in [0.1, 0.15) is 0 Å². The number of hydrogen-bond donors (Lipinski definition) is 1. The number of nitrogens with one attached hydrogen (secondary N) is 1. The Morgan fingerprint density at radius 3 is 2.47 bits per heavy atom. The number of alkyl halides is 1. The Balaban J connectivity index is 2.54. The molecule has 0 aliphatic carbocycles. The molecule has 0 bridgehead atoms. The van der Waals surface area contributed by atoms with Gasteiger partial charge in [-0.25, -0.2) is 0 Å². The van der Waals surface area contributed by atoms with Crippen molar-refractivity contribution >= 4 is 34.8 Å². The summed E-state index contributed by atoms with van der Waals surface area (Å²) in [6.07, 6.45) is 0. The lowest BCUT2D eigenvalue weighted by molar-refractivity contribution is 1.17. The maximum atomic E-state index is 11.6. The molecule has 0 unspecified atom stereocenters. The van der Waals surface area contributed by atoms with Gasteiger partial charge in [0.05, 0.1) is 10.9 Å². The van der Waals surface area contributed by atoms with Gasteiger partial charge in [0.25, 0.3) is 5.56 Å². The molecule has 0 amide bonds. The highest BCUT2D eigenvalue weighted by Crippen LogP contribution is 2.28. The van der Waals surface area contributed by atoms with Crippen molar-refractivity contribution in [2.24, 2.45) is 0 Å². The SMILES string of the molecule is O=c1[nH]c(-c2ccc(Cl)cc2Cl)ccc1CCl. The third kappa shape index (κ3) is 2.65. The van der Waals surface area contributed by atoms with Crippen LogP contribution in [-0.4, -0.2) is 4.98 Å². The summed E-state index contributed by atoms with van der Waals surface area (Å²) in [5, 5.41) is 1.05. The standard InChI is InChI=1S/C12H8Cl3NO/c13-6-7-1-4-11(16-12(7)17)9-3-2-8(14)5-10(9)15/h1-5H,6H2,(H,16,17). The Morgan fingerprint density at radius 2 is 1.88 bits per heavy atom. The van der Waals surface area contributed by atoms with Crippen molar-refractivity contribution < 1.29 is 0 Å². The fraction of sp³-hybridized carbons (Fsp3) is 0.0833. The zero-order valence-corrected chi connectivity index (χ0v) is 10.9. The van der Waals surface area contributed by atoms with E-state index in [1.165, 1.54) is 0 Å². The molecule has 0 radical (unpaired) electrons. The van der Waals surface area contributed by atoms with E-state index in [-0.39, 0.29) is 11.4 Å². The molecule has 5 heteroatoms. The van der Waals surface area contributed by atoms with Crippen LogP contribution in [0.25, 0.3) is 11.3 Å². The lowest BCUT2D eigenvalue weighted by Gasteiger charge is -2.05. The van der Waals surface area contributed by atoms with Gasteiger partial charge in [0, 0.05) is 21.8 Å². The first-order chi connectivity index (χ1) is 8.11. The van der Waals surface area contributed by atoms with Gasteiger partial charge in [-0.05, 0) is 24.3 Å². The smallest absolute Gasteiger partial charge is 0.252 e. The van der Waals surface area contributed by atoms with Crippen molar-refractivity contribution in [1.82, 2.24) is 4.98 Å². The van der Waals surface area contributed by atoms with Crippen LogP contribution in [0.1, 0.15) is 5.56 Å². The molecule has 1 heterocycles. The number of rotatable bonds is 2. The molecule has 1 N–H and O–H groups in total. The molecule has 0 fully saturated rings. The molecule has 0 aliphatic rings. The number of hydrogen-bond acceptors (Lipinski definition) is 1. The van der Waals surface area contributed by atoms with E-state index in [1.54, 1.807) is 30.3 Å². The minimum absolute atomic E-state index is 0.184. The maximum Gasteiger partial charge on any atom is 0.252 e. The summed E-state index contributed by atoms with van der Waals surface area (Å²) in [6, 6.07) is 8.57. The number of aromatic nitrogens is 1. The van der Waals surface area contributed by atoms with E-state index in [0.29, 0.717) is 21.3 Å². The minimum atomic E-state index is -0.205. The molecule has 1 aromatic heterocycles. The third-order valence-corrected chi connectivity index (χ3v) is 3.19. The molecule has 17 heavy (non-hydrogen) atoms. The molecule has 88 valence electrons. The Kier molecular flexibility index (Phi) is 3.77. The predicted octanol–water partition coefficient (Wildman–Crippen LogP) is 4.09. The van der Waals surface area contributed by atoms with Gasteiger partial charge in [-0.2, -0.15) is 0 Å². The van der Waals surface area contributed by atoms with Crippen molar-refractivity contribution in [1.29, 1.82) is 0 Å². The number of pyridine rings is 1. The van der Waals surface area contributed by atoms with Crippen molar-refractivity contribution in [2.75, 3.05) is 0 Å². The molecular weight excluding hydrogens is 280 g/mol. The molecular formula is C12H8Cl3NO.